The third kappa shape index (κ3) is 5.82. The third-order valence-corrected chi connectivity index (χ3v) is 6.60. The number of nitro groups is 1. The fourth-order valence-corrected chi connectivity index (χ4v) is 4.76. The van der Waals surface area contributed by atoms with Crippen LogP contribution < -0.4 is 15.0 Å². The number of non-ortho nitro benzene ring substituents is 1. The first-order chi connectivity index (χ1) is 16.0. The lowest BCUT2D eigenvalue weighted by Crippen LogP contribution is -2.44. The van der Waals surface area contributed by atoms with Crippen LogP contribution in [0.2, 0.25) is 0 Å². The molecule has 8 nitrogen and oxygen atoms in total. The van der Waals surface area contributed by atoms with Crippen LogP contribution in [0, 0.1) is 10.1 Å². The van der Waals surface area contributed by atoms with Crippen molar-refractivity contribution in [1.82, 2.24) is 10.2 Å². The van der Waals surface area contributed by atoms with E-state index in [4.69, 9.17) is 4.74 Å². The number of anilines is 1. The minimum atomic E-state index is -0.437. The van der Waals surface area contributed by atoms with E-state index in [1.165, 1.54) is 24.1 Å². The number of nitrogens with one attached hydrogen (secondary N) is 1. The summed E-state index contributed by atoms with van der Waals surface area (Å²) < 4.78 is 5.31. The molecule has 2 fully saturated rings. The van der Waals surface area contributed by atoms with Gasteiger partial charge in [-0.25, -0.2) is 0 Å². The van der Waals surface area contributed by atoms with Crippen LogP contribution in [0.1, 0.15) is 48.0 Å². The summed E-state index contributed by atoms with van der Waals surface area (Å²) in [6.07, 6.45) is 5.03. The van der Waals surface area contributed by atoms with Gasteiger partial charge in [0.25, 0.3) is 11.6 Å². The highest BCUT2D eigenvalue weighted by Gasteiger charge is 2.25. The molecule has 0 spiro atoms. The molecule has 0 saturated carbocycles. The molecular weight excluding hydrogens is 420 g/mol. The lowest BCUT2D eigenvalue weighted by atomic mass is 10.0. The summed E-state index contributed by atoms with van der Waals surface area (Å²) in [5.74, 6) is 0.640. The molecule has 2 heterocycles. The van der Waals surface area contributed by atoms with E-state index in [2.05, 4.69) is 27.2 Å². The van der Waals surface area contributed by atoms with Crippen molar-refractivity contribution in [2.24, 2.45) is 0 Å². The Morgan fingerprint density at radius 2 is 1.85 bits per heavy atom. The lowest BCUT2D eigenvalue weighted by Gasteiger charge is -2.33. The molecule has 33 heavy (non-hydrogen) atoms. The van der Waals surface area contributed by atoms with Gasteiger partial charge in [-0.15, -0.1) is 0 Å². The molecule has 2 aliphatic heterocycles. The number of piperidine rings is 2. The quantitative estimate of drug-likeness (QED) is 0.505. The Labute approximate surface area is 194 Å². The molecule has 1 amide bonds. The first kappa shape index (κ1) is 23.0. The van der Waals surface area contributed by atoms with Crippen LogP contribution in [0.25, 0.3) is 0 Å². The van der Waals surface area contributed by atoms with Crippen LogP contribution in [0.15, 0.2) is 42.5 Å². The summed E-state index contributed by atoms with van der Waals surface area (Å²) in [5, 5.41) is 14.5. The van der Waals surface area contributed by atoms with Gasteiger partial charge in [0.15, 0.2) is 0 Å². The number of benzene rings is 2. The maximum atomic E-state index is 13.2. The molecule has 0 bridgehead atoms. The van der Waals surface area contributed by atoms with Crippen molar-refractivity contribution in [2.75, 3.05) is 38.2 Å². The van der Waals surface area contributed by atoms with Gasteiger partial charge < -0.3 is 15.0 Å². The van der Waals surface area contributed by atoms with Crippen molar-refractivity contribution in [3.05, 3.63) is 63.7 Å². The van der Waals surface area contributed by atoms with Crippen molar-refractivity contribution >= 4 is 17.3 Å². The molecule has 2 aromatic carbocycles. The molecule has 4 rings (SSSR count). The molecule has 2 aromatic rings. The number of carbonyl (C=O) groups is 1. The van der Waals surface area contributed by atoms with E-state index < -0.39 is 4.92 Å². The summed E-state index contributed by atoms with van der Waals surface area (Å²) >= 11 is 0. The predicted molar refractivity (Wildman–Crippen MR) is 128 cm³/mol. The van der Waals surface area contributed by atoms with Crippen LogP contribution in [-0.4, -0.2) is 55.1 Å². The second-order valence-electron chi connectivity index (χ2n) is 8.88. The van der Waals surface area contributed by atoms with Gasteiger partial charge in [-0.2, -0.15) is 0 Å². The SMILES string of the molecule is COc1cccc(CN2CCC(NC(=O)c3cc([N+](=O)[O-])ccc3N3CCCCC3)CC2)c1. The van der Waals surface area contributed by atoms with Crippen LogP contribution in [0.4, 0.5) is 11.4 Å². The number of nitro benzene ring substituents is 1. The third-order valence-electron chi connectivity index (χ3n) is 6.60. The number of amides is 1. The van der Waals surface area contributed by atoms with Crippen molar-refractivity contribution in [3.63, 3.8) is 0 Å². The summed E-state index contributed by atoms with van der Waals surface area (Å²) in [4.78, 5) is 28.7. The largest absolute Gasteiger partial charge is 0.497 e. The zero-order chi connectivity index (χ0) is 23.2. The normalized spacial score (nSPS) is 17.5. The Morgan fingerprint density at radius 3 is 2.55 bits per heavy atom. The van der Waals surface area contributed by atoms with Crippen molar-refractivity contribution in [3.8, 4) is 5.75 Å². The second-order valence-corrected chi connectivity index (χ2v) is 8.88. The molecule has 176 valence electrons. The number of likely N-dealkylation sites (tertiary alicyclic amines) is 1. The summed E-state index contributed by atoms with van der Waals surface area (Å²) in [6, 6.07) is 12.8. The molecule has 0 aromatic heterocycles. The molecule has 0 atom stereocenters. The maximum Gasteiger partial charge on any atom is 0.270 e. The monoisotopic (exact) mass is 452 g/mol. The fraction of sp³-hybridized carbons (Fsp3) is 0.480. The Bertz CT molecular complexity index is 982. The number of hydrogen-bond acceptors (Lipinski definition) is 6. The van der Waals surface area contributed by atoms with Gasteiger partial charge in [-0.05, 0) is 55.9 Å². The molecule has 0 unspecified atom stereocenters. The topological polar surface area (TPSA) is 87.9 Å². The predicted octanol–water partition coefficient (Wildman–Crippen LogP) is 3.99. The lowest BCUT2D eigenvalue weighted by molar-refractivity contribution is -0.384. The number of carbonyl (C=O) groups excluding carboxylic acids is 1. The minimum Gasteiger partial charge on any atom is -0.497 e. The smallest absolute Gasteiger partial charge is 0.270 e. The van der Waals surface area contributed by atoms with Crippen molar-refractivity contribution in [1.29, 1.82) is 0 Å². The van der Waals surface area contributed by atoms with E-state index in [1.54, 1.807) is 13.2 Å². The number of methoxy groups -OCH3 is 1. The average Bonchev–Trinajstić information content (AvgIpc) is 2.85. The molecule has 2 aliphatic rings. The number of ether oxygens (including phenoxy) is 1. The Hall–Kier alpha value is -3.13. The van der Waals surface area contributed by atoms with E-state index in [-0.39, 0.29) is 17.6 Å². The van der Waals surface area contributed by atoms with Gasteiger partial charge in [0.2, 0.25) is 0 Å². The standard InChI is InChI=1S/C25H32N4O4/c1-33-22-7-5-6-19(16-22)18-27-14-10-20(11-15-27)26-25(30)23-17-21(29(31)32)8-9-24(23)28-12-3-2-4-13-28/h5-9,16-17,20H,2-4,10-15,18H2,1H3,(H,26,30). The van der Waals surface area contributed by atoms with E-state index in [1.807, 2.05) is 12.1 Å². The second kappa shape index (κ2) is 10.7. The first-order valence-electron chi connectivity index (χ1n) is 11.7. The van der Waals surface area contributed by atoms with E-state index in [0.29, 0.717) is 5.56 Å². The van der Waals surface area contributed by atoms with Crippen molar-refractivity contribution in [2.45, 2.75) is 44.7 Å². The Morgan fingerprint density at radius 1 is 1.09 bits per heavy atom. The van der Waals surface area contributed by atoms with Crippen LogP contribution in [0.3, 0.4) is 0 Å². The summed E-state index contributed by atoms with van der Waals surface area (Å²) in [6.45, 7) is 4.37. The molecule has 0 radical (unpaired) electrons. The minimum absolute atomic E-state index is 0.0472. The zero-order valence-electron chi connectivity index (χ0n) is 19.2. The summed E-state index contributed by atoms with van der Waals surface area (Å²) in [7, 11) is 1.67. The highest BCUT2D eigenvalue weighted by atomic mass is 16.6. The molecule has 2 saturated heterocycles. The van der Waals surface area contributed by atoms with Crippen LogP contribution >= 0.6 is 0 Å². The van der Waals surface area contributed by atoms with Crippen LogP contribution in [0.5, 0.6) is 5.75 Å². The molecule has 1 N–H and O–H groups in total. The van der Waals surface area contributed by atoms with Gasteiger partial charge in [0, 0.05) is 50.9 Å². The number of rotatable bonds is 7. The molecular formula is C25H32N4O4. The summed E-state index contributed by atoms with van der Waals surface area (Å²) in [5.41, 5.74) is 2.37. The van der Waals surface area contributed by atoms with Gasteiger partial charge in [0.1, 0.15) is 5.75 Å². The highest BCUT2D eigenvalue weighted by molar-refractivity contribution is 6.00. The van der Waals surface area contributed by atoms with E-state index >= 15 is 0 Å². The van der Waals surface area contributed by atoms with Gasteiger partial charge >= 0.3 is 0 Å². The van der Waals surface area contributed by atoms with E-state index in [9.17, 15) is 14.9 Å². The molecule has 8 heteroatoms. The fourth-order valence-electron chi connectivity index (χ4n) is 4.76. The number of hydrogen-bond donors (Lipinski definition) is 1. The first-order valence-corrected chi connectivity index (χ1v) is 11.7. The maximum absolute atomic E-state index is 13.2. The highest BCUT2D eigenvalue weighted by Crippen LogP contribution is 2.28. The van der Waals surface area contributed by atoms with Gasteiger partial charge in [0.05, 0.1) is 23.3 Å². The average molecular weight is 453 g/mol. The van der Waals surface area contributed by atoms with Gasteiger partial charge in [-0.1, -0.05) is 12.1 Å². The van der Waals surface area contributed by atoms with Crippen LogP contribution in [-0.2, 0) is 6.54 Å². The zero-order valence-corrected chi connectivity index (χ0v) is 19.2. The number of nitrogens with zero attached hydrogens (tertiary/aromatic N) is 3. The van der Waals surface area contributed by atoms with Gasteiger partial charge in [-0.3, -0.25) is 19.8 Å². The Balaban J connectivity index is 1.39. The Kier molecular flexibility index (Phi) is 7.44. The molecule has 0 aliphatic carbocycles. The van der Waals surface area contributed by atoms with Crippen molar-refractivity contribution < 1.29 is 14.5 Å². The van der Waals surface area contributed by atoms with E-state index in [0.717, 1.165) is 69.8 Å².